The van der Waals surface area contributed by atoms with Gasteiger partial charge in [0.05, 0.1) is 0 Å². The Labute approximate surface area is 97.1 Å². The first-order valence-corrected chi connectivity index (χ1v) is 6.51. The molecular formula is C14H20O2. The van der Waals surface area contributed by atoms with Gasteiger partial charge in [-0.05, 0) is 55.8 Å². The zero-order valence-electron chi connectivity index (χ0n) is 9.73. The molecule has 0 amide bonds. The van der Waals surface area contributed by atoms with Gasteiger partial charge in [-0.2, -0.15) is 0 Å². The van der Waals surface area contributed by atoms with Gasteiger partial charge in [-0.25, -0.2) is 0 Å². The molecule has 4 saturated carbocycles. The fourth-order valence-electron chi connectivity index (χ4n) is 4.87. The maximum atomic E-state index is 10.8. The Kier molecular flexibility index (Phi) is 2.34. The predicted molar refractivity (Wildman–Crippen MR) is 61.7 cm³/mol. The Morgan fingerprint density at radius 2 is 1.69 bits per heavy atom. The van der Waals surface area contributed by atoms with Gasteiger partial charge in [-0.15, -0.1) is 6.58 Å². The average molecular weight is 220 g/mol. The molecule has 0 heterocycles. The Bertz CT molecular complexity index is 268. The summed E-state index contributed by atoms with van der Waals surface area (Å²) in [5.74, 6) is 3.03. The Morgan fingerprint density at radius 3 is 2.12 bits per heavy atom. The van der Waals surface area contributed by atoms with Crippen LogP contribution in [-0.4, -0.2) is 12.1 Å². The van der Waals surface area contributed by atoms with E-state index in [0.29, 0.717) is 18.3 Å². The molecule has 0 N–H and O–H groups in total. The third-order valence-electron chi connectivity index (χ3n) is 5.25. The summed E-state index contributed by atoms with van der Waals surface area (Å²) in [5, 5.41) is 0. The first-order chi connectivity index (χ1) is 7.78. The van der Waals surface area contributed by atoms with Crippen LogP contribution in [0.3, 0.4) is 0 Å². The summed E-state index contributed by atoms with van der Waals surface area (Å²) in [6.45, 7) is 4.52. The molecule has 0 aromatic heterocycles. The van der Waals surface area contributed by atoms with E-state index >= 15 is 0 Å². The van der Waals surface area contributed by atoms with Crippen LogP contribution in [0.5, 0.6) is 0 Å². The van der Waals surface area contributed by atoms with E-state index in [4.69, 9.17) is 4.74 Å². The van der Waals surface area contributed by atoms with Crippen molar-refractivity contribution < 1.29 is 9.53 Å². The second-order valence-corrected chi connectivity index (χ2v) is 5.97. The first kappa shape index (κ1) is 10.4. The molecule has 16 heavy (non-hydrogen) atoms. The lowest BCUT2D eigenvalue weighted by Crippen LogP contribution is -2.58. The molecule has 0 atom stereocenters. The Morgan fingerprint density at radius 1 is 1.12 bits per heavy atom. The fourth-order valence-corrected chi connectivity index (χ4v) is 4.87. The van der Waals surface area contributed by atoms with Crippen LogP contribution in [0.4, 0.5) is 0 Å². The van der Waals surface area contributed by atoms with Crippen molar-refractivity contribution in [3.05, 3.63) is 12.7 Å². The number of hydrogen-bond acceptors (Lipinski definition) is 2. The van der Waals surface area contributed by atoms with E-state index in [0.717, 1.165) is 18.3 Å². The normalized spacial score (nSPS) is 49.0. The van der Waals surface area contributed by atoms with Crippen molar-refractivity contribution in [3.63, 3.8) is 0 Å². The molecule has 2 nitrogen and oxygen atoms in total. The third kappa shape index (κ3) is 1.28. The van der Waals surface area contributed by atoms with E-state index in [2.05, 4.69) is 6.58 Å². The highest BCUT2D eigenvalue weighted by Crippen LogP contribution is 2.60. The van der Waals surface area contributed by atoms with Crippen molar-refractivity contribution in [2.75, 3.05) is 0 Å². The smallest absolute Gasteiger partial charge is 0.293 e. The molecule has 0 aromatic rings. The van der Waals surface area contributed by atoms with Crippen molar-refractivity contribution in [1.82, 2.24) is 0 Å². The first-order valence-electron chi connectivity index (χ1n) is 6.51. The summed E-state index contributed by atoms with van der Waals surface area (Å²) < 4.78 is 5.59. The van der Waals surface area contributed by atoms with Crippen molar-refractivity contribution in [2.45, 2.75) is 44.1 Å². The van der Waals surface area contributed by atoms with E-state index in [1.54, 1.807) is 0 Å². The maximum absolute atomic E-state index is 10.8. The van der Waals surface area contributed by atoms with Crippen LogP contribution in [-0.2, 0) is 9.53 Å². The van der Waals surface area contributed by atoms with E-state index in [1.165, 1.54) is 32.1 Å². The standard InChI is InChI=1S/C14H20O2/c1-2-3-14(16-9-15)12-5-10-4-11(7-12)8-13(14)6-10/h2,9-13H,1,3-8H2. The minimum absolute atomic E-state index is 0.184. The van der Waals surface area contributed by atoms with Gasteiger partial charge >= 0.3 is 0 Å². The highest BCUT2D eigenvalue weighted by molar-refractivity contribution is 5.39. The minimum Gasteiger partial charge on any atom is -0.460 e. The van der Waals surface area contributed by atoms with Gasteiger partial charge in [0.2, 0.25) is 0 Å². The molecule has 4 bridgehead atoms. The topological polar surface area (TPSA) is 26.3 Å². The van der Waals surface area contributed by atoms with E-state index in [-0.39, 0.29) is 5.60 Å². The Balaban J connectivity index is 1.92. The number of carbonyl (C=O) groups is 1. The molecular weight excluding hydrogens is 200 g/mol. The predicted octanol–water partition coefficient (Wildman–Crippen LogP) is 2.93. The van der Waals surface area contributed by atoms with Gasteiger partial charge in [0.1, 0.15) is 5.60 Å². The van der Waals surface area contributed by atoms with Crippen molar-refractivity contribution in [1.29, 1.82) is 0 Å². The van der Waals surface area contributed by atoms with Crippen LogP contribution < -0.4 is 0 Å². The lowest BCUT2D eigenvalue weighted by Gasteiger charge is -2.59. The number of rotatable bonds is 4. The summed E-state index contributed by atoms with van der Waals surface area (Å²) in [5.41, 5.74) is -0.184. The second-order valence-electron chi connectivity index (χ2n) is 5.97. The van der Waals surface area contributed by atoms with Gasteiger partial charge < -0.3 is 4.74 Å². The zero-order chi connectivity index (χ0) is 11.2. The van der Waals surface area contributed by atoms with Crippen molar-refractivity contribution >= 4 is 6.47 Å². The van der Waals surface area contributed by atoms with Gasteiger partial charge in [0.25, 0.3) is 6.47 Å². The van der Waals surface area contributed by atoms with Crippen LogP contribution in [0.2, 0.25) is 0 Å². The molecule has 4 fully saturated rings. The molecule has 2 heteroatoms. The molecule has 0 aromatic carbocycles. The van der Waals surface area contributed by atoms with Crippen LogP contribution in [0.25, 0.3) is 0 Å². The van der Waals surface area contributed by atoms with E-state index in [1.807, 2.05) is 6.08 Å². The third-order valence-corrected chi connectivity index (χ3v) is 5.25. The highest BCUT2D eigenvalue weighted by Gasteiger charge is 2.58. The van der Waals surface area contributed by atoms with Crippen molar-refractivity contribution in [2.24, 2.45) is 23.7 Å². The maximum Gasteiger partial charge on any atom is 0.293 e. The largest absolute Gasteiger partial charge is 0.460 e. The SMILES string of the molecule is C=CCC1(OC=O)C2CC3CC(C2)CC1C3. The molecule has 4 aliphatic carbocycles. The van der Waals surface area contributed by atoms with Crippen molar-refractivity contribution in [3.8, 4) is 0 Å². The van der Waals surface area contributed by atoms with Crippen LogP contribution in [0.15, 0.2) is 12.7 Å². The molecule has 0 aliphatic heterocycles. The summed E-state index contributed by atoms with van der Waals surface area (Å²) in [4.78, 5) is 10.8. The lowest BCUT2D eigenvalue weighted by molar-refractivity contribution is -0.196. The summed E-state index contributed by atoms with van der Waals surface area (Å²) in [6, 6.07) is 0. The second kappa shape index (κ2) is 3.61. The van der Waals surface area contributed by atoms with E-state index < -0.39 is 0 Å². The van der Waals surface area contributed by atoms with Crippen LogP contribution >= 0.6 is 0 Å². The number of hydrogen-bond donors (Lipinski definition) is 0. The molecule has 0 radical (unpaired) electrons. The summed E-state index contributed by atoms with van der Waals surface area (Å²) in [7, 11) is 0. The van der Waals surface area contributed by atoms with Gasteiger partial charge in [-0.1, -0.05) is 6.08 Å². The highest BCUT2D eigenvalue weighted by atomic mass is 16.5. The molecule has 0 spiro atoms. The Hall–Kier alpha value is -0.790. The van der Waals surface area contributed by atoms with Crippen LogP contribution in [0.1, 0.15) is 38.5 Å². The summed E-state index contributed by atoms with van der Waals surface area (Å²) in [6.07, 6.45) is 9.30. The van der Waals surface area contributed by atoms with Gasteiger partial charge in [0.15, 0.2) is 0 Å². The minimum atomic E-state index is -0.184. The quantitative estimate of drug-likeness (QED) is 0.538. The number of ether oxygens (including phenoxy) is 1. The lowest BCUT2D eigenvalue weighted by atomic mass is 9.49. The average Bonchev–Trinajstić information content (AvgIpc) is 2.25. The summed E-state index contributed by atoms with van der Waals surface area (Å²) >= 11 is 0. The fraction of sp³-hybridized carbons (Fsp3) is 0.786. The van der Waals surface area contributed by atoms with Gasteiger partial charge in [0, 0.05) is 6.42 Å². The molecule has 0 unspecified atom stereocenters. The van der Waals surface area contributed by atoms with Crippen LogP contribution in [0, 0.1) is 23.7 Å². The molecule has 4 aliphatic rings. The molecule has 4 rings (SSSR count). The van der Waals surface area contributed by atoms with E-state index in [9.17, 15) is 4.79 Å². The monoisotopic (exact) mass is 220 g/mol. The zero-order valence-corrected chi connectivity index (χ0v) is 9.73. The molecule has 0 saturated heterocycles. The van der Waals surface area contributed by atoms with Gasteiger partial charge in [-0.3, -0.25) is 4.79 Å². The molecule has 88 valence electrons. The number of carbonyl (C=O) groups excluding carboxylic acids is 1.